The van der Waals surface area contributed by atoms with E-state index in [1.165, 1.54) is 0 Å². The van der Waals surface area contributed by atoms with E-state index in [4.69, 9.17) is 4.99 Å². The molecule has 2 aromatic rings. The summed E-state index contributed by atoms with van der Waals surface area (Å²) >= 11 is 0. The number of Topliss-reactive ketones (excluding diaryl/α,β-unsaturated/α-hetero) is 1. The molecule has 4 rings (SSSR count). The third-order valence-electron chi connectivity index (χ3n) is 5.10. The molecule has 0 saturated heterocycles. The van der Waals surface area contributed by atoms with Crippen LogP contribution in [0.25, 0.3) is 5.69 Å². The molecule has 2 aliphatic rings. The van der Waals surface area contributed by atoms with Crippen molar-refractivity contribution in [2.45, 2.75) is 45.1 Å². The normalized spacial score (nSPS) is 23.8. The van der Waals surface area contributed by atoms with E-state index in [9.17, 15) is 9.90 Å². The van der Waals surface area contributed by atoms with Crippen molar-refractivity contribution >= 4 is 17.3 Å². The Kier molecular flexibility index (Phi) is 3.81. The van der Waals surface area contributed by atoms with Crippen LogP contribution in [-0.4, -0.2) is 32.5 Å². The second kappa shape index (κ2) is 5.98. The molecule has 2 unspecified atom stereocenters. The standard InChI is InChI=1S/C19H21N3O2/c1-12-5-2-3-8-17(12)22-19-15(11-20-22)18(24)10-16(21-19)13-6-4-7-14(23)9-13/h2-3,5,8,11,13-14,23H,4,6-7,9-10H2,1H3. The molecule has 1 aliphatic heterocycles. The summed E-state index contributed by atoms with van der Waals surface area (Å²) in [5.41, 5.74) is 3.53. The number of aryl methyl sites for hydroxylation is 1. The van der Waals surface area contributed by atoms with Gasteiger partial charge in [-0.3, -0.25) is 4.79 Å². The minimum Gasteiger partial charge on any atom is -0.393 e. The number of para-hydroxylation sites is 1. The maximum absolute atomic E-state index is 12.6. The Bertz CT molecular complexity index is 822. The molecule has 0 amide bonds. The largest absolute Gasteiger partial charge is 0.393 e. The van der Waals surface area contributed by atoms with Crippen LogP contribution in [0.2, 0.25) is 0 Å². The zero-order valence-electron chi connectivity index (χ0n) is 13.8. The molecule has 1 N–H and O–H groups in total. The molecule has 1 aromatic carbocycles. The molecule has 1 saturated carbocycles. The number of ketones is 1. The predicted molar refractivity (Wildman–Crippen MR) is 92.3 cm³/mol. The first-order chi connectivity index (χ1) is 11.6. The van der Waals surface area contributed by atoms with Gasteiger partial charge in [-0.1, -0.05) is 24.6 Å². The summed E-state index contributed by atoms with van der Waals surface area (Å²) in [6.07, 6.45) is 5.25. The minimum absolute atomic E-state index is 0.0786. The Morgan fingerprint density at radius 1 is 1.25 bits per heavy atom. The summed E-state index contributed by atoms with van der Waals surface area (Å²) in [6.45, 7) is 2.02. The van der Waals surface area contributed by atoms with Gasteiger partial charge in [-0.2, -0.15) is 5.10 Å². The number of benzene rings is 1. The number of carbonyl (C=O) groups is 1. The van der Waals surface area contributed by atoms with Gasteiger partial charge < -0.3 is 5.11 Å². The van der Waals surface area contributed by atoms with E-state index < -0.39 is 0 Å². The van der Waals surface area contributed by atoms with Crippen LogP contribution >= 0.6 is 0 Å². The molecule has 2 heterocycles. The van der Waals surface area contributed by atoms with Crippen LogP contribution in [0, 0.1) is 12.8 Å². The molecule has 0 radical (unpaired) electrons. The van der Waals surface area contributed by atoms with E-state index in [-0.39, 0.29) is 17.8 Å². The van der Waals surface area contributed by atoms with E-state index >= 15 is 0 Å². The zero-order chi connectivity index (χ0) is 16.7. The Hall–Kier alpha value is -2.27. The first-order valence-electron chi connectivity index (χ1n) is 8.56. The molecule has 0 bridgehead atoms. The average Bonchev–Trinajstić information content (AvgIpc) is 3.00. The highest BCUT2D eigenvalue weighted by Gasteiger charge is 2.31. The van der Waals surface area contributed by atoms with Crippen molar-refractivity contribution < 1.29 is 9.90 Å². The predicted octanol–water partition coefficient (Wildman–Crippen LogP) is 3.39. The molecule has 1 fully saturated rings. The fourth-order valence-corrected chi connectivity index (χ4v) is 3.76. The van der Waals surface area contributed by atoms with E-state index in [0.717, 1.165) is 36.2 Å². The SMILES string of the molecule is Cc1ccccc1-n1ncc2c1N=C(C1CCCC(O)C1)CC2=O. The minimum atomic E-state index is -0.274. The first-order valence-corrected chi connectivity index (χ1v) is 8.56. The van der Waals surface area contributed by atoms with Crippen LogP contribution < -0.4 is 0 Å². The van der Waals surface area contributed by atoms with Crippen LogP contribution in [0.4, 0.5) is 5.82 Å². The van der Waals surface area contributed by atoms with E-state index in [2.05, 4.69) is 5.10 Å². The number of carbonyl (C=O) groups excluding carboxylic acids is 1. The highest BCUT2D eigenvalue weighted by Crippen LogP contribution is 2.34. The lowest BCUT2D eigenvalue weighted by Gasteiger charge is -2.28. The van der Waals surface area contributed by atoms with Gasteiger partial charge in [0.2, 0.25) is 0 Å². The second-order valence-corrected chi connectivity index (χ2v) is 6.80. The van der Waals surface area contributed by atoms with Gasteiger partial charge in [-0.15, -0.1) is 0 Å². The topological polar surface area (TPSA) is 67.5 Å². The Balaban J connectivity index is 1.77. The average molecular weight is 323 g/mol. The highest BCUT2D eigenvalue weighted by molar-refractivity contribution is 6.16. The van der Waals surface area contributed by atoms with E-state index in [1.54, 1.807) is 10.9 Å². The van der Waals surface area contributed by atoms with Gasteiger partial charge in [-0.25, -0.2) is 9.67 Å². The fraction of sp³-hybridized carbons (Fsp3) is 0.421. The number of fused-ring (bicyclic) bond motifs is 1. The molecule has 124 valence electrons. The van der Waals surface area contributed by atoms with Crippen LogP contribution in [-0.2, 0) is 0 Å². The monoisotopic (exact) mass is 323 g/mol. The zero-order valence-corrected chi connectivity index (χ0v) is 13.8. The number of aromatic nitrogens is 2. The van der Waals surface area contributed by atoms with Gasteiger partial charge in [0.05, 0.1) is 30.0 Å². The molecule has 2 atom stereocenters. The second-order valence-electron chi connectivity index (χ2n) is 6.80. The molecule has 0 spiro atoms. The van der Waals surface area contributed by atoms with Crippen molar-refractivity contribution in [2.24, 2.45) is 10.9 Å². The van der Waals surface area contributed by atoms with Crippen LogP contribution in [0.1, 0.15) is 48.0 Å². The number of aliphatic hydroxyl groups is 1. The first kappa shape index (κ1) is 15.3. The van der Waals surface area contributed by atoms with Crippen LogP contribution in [0.15, 0.2) is 35.5 Å². The number of aliphatic imine (C=N–C) groups is 1. The molecular weight excluding hydrogens is 302 g/mol. The summed E-state index contributed by atoms with van der Waals surface area (Å²) < 4.78 is 1.76. The smallest absolute Gasteiger partial charge is 0.173 e. The van der Waals surface area contributed by atoms with Crippen molar-refractivity contribution in [1.29, 1.82) is 0 Å². The third kappa shape index (κ3) is 2.59. The van der Waals surface area contributed by atoms with E-state index in [0.29, 0.717) is 24.2 Å². The van der Waals surface area contributed by atoms with Gasteiger partial charge >= 0.3 is 0 Å². The number of hydrogen-bond acceptors (Lipinski definition) is 4. The Morgan fingerprint density at radius 2 is 2.08 bits per heavy atom. The van der Waals surface area contributed by atoms with Gasteiger partial charge in [0.1, 0.15) is 0 Å². The van der Waals surface area contributed by atoms with E-state index in [1.807, 2.05) is 31.2 Å². The Labute approximate surface area is 141 Å². The lowest BCUT2D eigenvalue weighted by molar-refractivity contribution is 0.0988. The fourth-order valence-electron chi connectivity index (χ4n) is 3.76. The summed E-state index contributed by atoms with van der Waals surface area (Å²) in [6, 6.07) is 7.96. The number of aliphatic hydroxyl groups excluding tert-OH is 1. The molecule has 5 nitrogen and oxygen atoms in total. The third-order valence-corrected chi connectivity index (χ3v) is 5.10. The molecule has 1 aliphatic carbocycles. The summed E-state index contributed by atoms with van der Waals surface area (Å²) in [5, 5.41) is 14.4. The van der Waals surface area contributed by atoms with Crippen molar-refractivity contribution in [1.82, 2.24) is 9.78 Å². The van der Waals surface area contributed by atoms with Crippen molar-refractivity contribution in [3.63, 3.8) is 0 Å². The number of hydrogen-bond donors (Lipinski definition) is 1. The summed E-state index contributed by atoms with van der Waals surface area (Å²) in [4.78, 5) is 17.4. The van der Waals surface area contributed by atoms with Gasteiger partial charge in [0.25, 0.3) is 0 Å². The summed E-state index contributed by atoms with van der Waals surface area (Å²) in [5.74, 6) is 0.914. The molecule has 1 aromatic heterocycles. The van der Waals surface area contributed by atoms with Crippen LogP contribution in [0.5, 0.6) is 0 Å². The van der Waals surface area contributed by atoms with Crippen molar-refractivity contribution in [3.05, 3.63) is 41.6 Å². The maximum Gasteiger partial charge on any atom is 0.173 e. The molecular formula is C19H21N3O2. The van der Waals surface area contributed by atoms with Gasteiger partial charge in [0.15, 0.2) is 11.6 Å². The number of rotatable bonds is 2. The lowest BCUT2D eigenvalue weighted by atomic mass is 9.81. The van der Waals surface area contributed by atoms with Gasteiger partial charge in [0, 0.05) is 11.6 Å². The molecule has 5 heteroatoms. The number of nitrogens with zero attached hydrogens (tertiary/aromatic N) is 3. The summed E-state index contributed by atoms with van der Waals surface area (Å²) in [7, 11) is 0. The maximum atomic E-state index is 12.6. The van der Waals surface area contributed by atoms with Gasteiger partial charge in [-0.05, 0) is 37.8 Å². The van der Waals surface area contributed by atoms with Crippen LogP contribution in [0.3, 0.4) is 0 Å². The Morgan fingerprint density at radius 3 is 2.88 bits per heavy atom. The quantitative estimate of drug-likeness (QED) is 0.921. The molecule has 24 heavy (non-hydrogen) atoms. The van der Waals surface area contributed by atoms with Crippen molar-refractivity contribution in [3.8, 4) is 5.69 Å². The lowest BCUT2D eigenvalue weighted by Crippen LogP contribution is -2.28. The highest BCUT2D eigenvalue weighted by atomic mass is 16.3. The van der Waals surface area contributed by atoms with Crippen molar-refractivity contribution in [2.75, 3.05) is 0 Å².